The van der Waals surface area contributed by atoms with Gasteiger partial charge < -0.3 is 16.4 Å². The van der Waals surface area contributed by atoms with Crippen LogP contribution in [-0.2, 0) is 4.79 Å². The van der Waals surface area contributed by atoms with Crippen molar-refractivity contribution in [2.45, 2.75) is 13.8 Å². The van der Waals surface area contributed by atoms with Crippen LogP contribution in [0.4, 0.5) is 11.4 Å². The van der Waals surface area contributed by atoms with Gasteiger partial charge in [0.25, 0.3) is 0 Å². The Morgan fingerprint density at radius 2 is 1.83 bits per heavy atom. The van der Waals surface area contributed by atoms with Crippen LogP contribution < -0.4 is 16.4 Å². The molecule has 0 aliphatic heterocycles. The zero-order valence-electron chi connectivity index (χ0n) is 13.1. The van der Waals surface area contributed by atoms with Crippen molar-refractivity contribution < 1.29 is 4.79 Å². The number of aliphatic imine (C=N–C) groups is 1. The van der Waals surface area contributed by atoms with Crippen LogP contribution in [-0.4, -0.2) is 18.4 Å². The van der Waals surface area contributed by atoms with Crippen molar-refractivity contribution >= 4 is 39.2 Å². The molecular formula is C17H19BrN4O. The third kappa shape index (κ3) is 5.41. The summed E-state index contributed by atoms with van der Waals surface area (Å²) in [7, 11) is 0. The Balaban J connectivity index is 1.90. The summed E-state index contributed by atoms with van der Waals surface area (Å²) in [6, 6.07) is 13.3. The molecule has 0 aliphatic rings. The molecule has 0 radical (unpaired) electrons. The Kier molecular flexibility index (Phi) is 5.76. The van der Waals surface area contributed by atoms with Gasteiger partial charge in [0.2, 0.25) is 5.91 Å². The number of benzene rings is 2. The molecule has 4 N–H and O–H groups in total. The minimum atomic E-state index is -0.229. The van der Waals surface area contributed by atoms with E-state index in [1.807, 2.05) is 56.3 Å². The van der Waals surface area contributed by atoms with E-state index in [2.05, 4.69) is 31.6 Å². The number of aryl methyl sites for hydroxylation is 2. The molecule has 2 aromatic rings. The lowest BCUT2D eigenvalue weighted by molar-refractivity contribution is -0.114. The first-order chi connectivity index (χ1) is 10.9. The SMILES string of the molecule is Cc1ccc(NC(N)=NCC(=O)Nc2cccc(Br)c2)cc1C. The van der Waals surface area contributed by atoms with Crippen LogP contribution in [0.5, 0.6) is 0 Å². The standard InChI is InChI=1S/C17H19BrN4O/c1-11-6-7-15(8-12(11)2)22-17(19)20-10-16(23)21-14-5-3-4-13(18)9-14/h3-9H,10H2,1-2H3,(H,21,23)(H3,19,20,22). The Hall–Kier alpha value is -2.34. The maximum absolute atomic E-state index is 11.9. The molecule has 1 amide bonds. The van der Waals surface area contributed by atoms with Crippen molar-refractivity contribution in [2.24, 2.45) is 10.7 Å². The van der Waals surface area contributed by atoms with E-state index in [-0.39, 0.29) is 18.4 Å². The number of anilines is 2. The highest BCUT2D eigenvalue weighted by atomic mass is 79.9. The topological polar surface area (TPSA) is 79.5 Å². The summed E-state index contributed by atoms with van der Waals surface area (Å²) in [5, 5.41) is 5.74. The fourth-order valence-corrected chi connectivity index (χ4v) is 2.33. The van der Waals surface area contributed by atoms with E-state index in [1.54, 1.807) is 0 Å². The normalized spacial score (nSPS) is 11.2. The second-order valence-corrected chi connectivity index (χ2v) is 6.10. The lowest BCUT2D eigenvalue weighted by Crippen LogP contribution is -2.25. The van der Waals surface area contributed by atoms with Crippen molar-refractivity contribution in [2.75, 3.05) is 17.2 Å². The van der Waals surface area contributed by atoms with Crippen molar-refractivity contribution in [3.63, 3.8) is 0 Å². The number of nitrogens with zero attached hydrogens (tertiary/aromatic N) is 1. The second-order valence-electron chi connectivity index (χ2n) is 5.18. The van der Waals surface area contributed by atoms with Gasteiger partial charge in [-0.05, 0) is 55.3 Å². The number of nitrogens with one attached hydrogen (secondary N) is 2. The molecule has 0 unspecified atom stereocenters. The highest BCUT2D eigenvalue weighted by Crippen LogP contribution is 2.15. The molecule has 0 aromatic heterocycles. The summed E-state index contributed by atoms with van der Waals surface area (Å²) in [5.41, 5.74) is 9.74. The van der Waals surface area contributed by atoms with Gasteiger partial charge in [-0.25, -0.2) is 4.99 Å². The summed E-state index contributed by atoms with van der Waals surface area (Å²) >= 11 is 3.35. The van der Waals surface area contributed by atoms with Gasteiger partial charge in [-0.1, -0.05) is 28.1 Å². The summed E-state index contributed by atoms with van der Waals surface area (Å²) in [4.78, 5) is 15.9. The maximum Gasteiger partial charge on any atom is 0.246 e. The smallest absolute Gasteiger partial charge is 0.246 e. The van der Waals surface area contributed by atoms with E-state index in [9.17, 15) is 4.79 Å². The highest BCUT2D eigenvalue weighted by molar-refractivity contribution is 9.10. The van der Waals surface area contributed by atoms with Gasteiger partial charge in [0.05, 0.1) is 0 Å². The van der Waals surface area contributed by atoms with E-state index in [0.29, 0.717) is 5.69 Å². The van der Waals surface area contributed by atoms with Gasteiger partial charge in [0.1, 0.15) is 6.54 Å². The van der Waals surface area contributed by atoms with Crippen LogP contribution in [0, 0.1) is 13.8 Å². The summed E-state index contributed by atoms with van der Waals surface area (Å²) in [5.74, 6) is -0.0226. The zero-order valence-corrected chi connectivity index (χ0v) is 14.6. The molecule has 6 heteroatoms. The van der Waals surface area contributed by atoms with Gasteiger partial charge >= 0.3 is 0 Å². The van der Waals surface area contributed by atoms with Crippen LogP contribution in [0.15, 0.2) is 51.9 Å². The van der Waals surface area contributed by atoms with Gasteiger partial charge in [0, 0.05) is 15.8 Å². The van der Waals surface area contributed by atoms with Crippen molar-refractivity contribution in [1.82, 2.24) is 0 Å². The van der Waals surface area contributed by atoms with E-state index in [1.165, 1.54) is 5.56 Å². The molecule has 2 rings (SSSR count). The monoisotopic (exact) mass is 374 g/mol. The summed E-state index contributed by atoms with van der Waals surface area (Å²) in [6.45, 7) is 4.03. The van der Waals surface area contributed by atoms with Crippen LogP contribution in [0.25, 0.3) is 0 Å². The summed E-state index contributed by atoms with van der Waals surface area (Å²) in [6.07, 6.45) is 0. The molecule has 23 heavy (non-hydrogen) atoms. The number of halogens is 1. The number of nitrogens with two attached hydrogens (primary N) is 1. The van der Waals surface area contributed by atoms with Crippen LogP contribution in [0.3, 0.4) is 0 Å². The third-order valence-corrected chi connectivity index (χ3v) is 3.77. The molecule has 0 heterocycles. The molecule has 0 bridgehead atoms. The fraction of sp³-hybridized carbons (Fsp3) is 0.176. The molecule has 0 atom stereocenters. The van der Waals surface area contributed by atoms with E-state index < -0.39 is 0 Å². The molecule has 120 valence electrons. The second kappa shape index (κ2) is 7.78. The Morgan fingerprint density at radius 3 is 2.52 bits per heavy atom. The predicted octanol–water partition coefficient (Wildman–Crippen LogP) is 3.43. The number of rotatable bonds is 4. The minimum absolute atomic E-state index is 0.0454. The minimum Gasteiger partial charge on any atom is -0.370 e. The first-order valence-electron chi connectivity index (χ1n) is 7.13. The first kappa shape index (κ1) is 17.0. The van der Waals surface area contributed by atoms with E-state index in [4.69, 9.17) is 5.73 Å². The van der Waals surface area contributed by atoms with Gasteiger partial charge in [-0.3, -0.25) is 4.79 Å². The molecule has 0 fully saturated rings. The maximum atomic E-state index is 11.9. The number of carbonyl (C=O) groups excluding carboxylic acids is 1. The zero-order chi connectivity index (χ0) is 16.8. The van der Waals surface area contributed by atoms with Crippen LogP contribution in [0.2, 0.25) is 0 Å². The number of carbonyl (C=O) groups is 1. The average Bonchev–Trinajstić information content (AvgIpc) is 2.49. The van der Waals surface area contributed by atoms with Gasteiger partial charge in [-0.2, -0.15) is 0 Å². The van der Waals surface area contributed by atoms with E-state index >= 15 is 0 Å². The molecule has 0 saturated carbocycles. The van der Waals surface area contributed by atoms with Crippen molar-refractivity contribution in [3.05, 3.63) is 58.1 Å². The quantitative estimate of drug-likeness (QED) is 0.566. The molecular weight excluding hydrogens is 356 g/mol. The molecule has 0 spiro atoms. The summed E-state index contributed by atoms with van der Waals surface area (Å²) < 4.78 is 0.898. The Labute approximate surface area is 144 Å². The fourth-order valence-electron chi connectivity index (χ4n) is 1.93. The van der Waals surface area contributed by atoms with Crippen molar-refractivity contribution in [3.8, 4) is 0 Å². The average molecular weight is 375 g/mol. The predicted molar refractivity (Wildman–Crippen MR) is 98.8 cm³/mol. The lowest BCUT2D eigenvalue weighted by atomic mass is 10.1. The van der Waals surface area contributed by atoms with Crippen LogP contribution >= 0.6 is 15.9 Å². The molecule has 2 aromatic carbocycles. The van der Waals surface area contributed by atoms with Crippen molar-refractivity contribution in [1.29, 1.82) is 0 Å². The number of hydrogen-bond donors (Lipinski definition) is 3. The number of amides is 1. The number of hydrogen-bond acceptors (Lipinski definition) is 2. The highest BCUT2D eigenvalue weighted by Gasteiger charge is 2.03. The Morgan fingerprint density at radius 1 is 1.09 bits per heavy atom. The number of guanidine groups is 1. The van der Waals surface area contributed by atoms with Gasteiger partial charge in [0.15, 0.2) is 5.96 Å². The molecule has 5 nitrogen and oxygen atoms in total. The lowest BCUT2D eigenvalue weighted by Gasteiger charge is -2.08. The van der Waals surface area contributed by atoms with Crippen LogP contribution in [0.1, 0.15) is 11.1 Å². The van der Waals surface area contributed by atoms with E-state index in [0.717, 1.165) is 15.7 Å². The third-order valence-electron chi connectivity index (χ3n) is 3.28. The van der Waals surface area contributed by atoms with Gasteiger partial charge in [-0.15, -0.1) is 0 Å². The molecule has 0 saturated heterocycles. The largest absolute Gasteiger partial charge is 0.370 e. The molecule has 0 aliphatic carbocycles. The first-order valence-corrected chi connectivity index (χ1v) is 7.93. The Bertz CT molecular complexity index is 743.